The van der Waals surface area contributed by atoms with Gasteiger partial charge in [0, 0.05) is 11.8 Å². The minimum atomic E-state index is -0.000224. The van der Waals surface area contributed by atoms with Gasteiger partial charge in [0.25, 0.3) is 5.19 Å². The van der Waals surface area contributed by atoms with Crippen LogP contribution in [-0.4, -0.2) is 40.7 Å². The molecule has 3 heterocycles. The maximum absolute atomic E-state index is 10.8. The summed E-state index contributed by atoms with van der Waals surface area (Å²) in [5, 5.41) is 14.0. The molecule has 7 heteroatoms. The Morgan fingerprint density at radius 2 is 2.22 bits per heavy atom. The van der Waals surface area contributed by atoms with Gasteiger partial charge in [0.15, 0.2) is 6.29 Å². The van der Waals surface area contributed by atoms with Crippen molar-refractivity contribution in [1.29, 1.82) is 0 Å². The Kier molecular flexibility index (Phi) is 5.30. The van der Waals surface area contributed by atoms with E-state index in [9.17, 15) is 4.79 Å². The van der Waals surface area contributed by atoms with E-state index in [1.165, 1.54) is 11.3 Å². The molecule has 0 aromatic carbocycles. The molecule has 0 radical (unpaired) electrons. The van der Waals surface area contributed by atoms with Crippen molar-refractivity contribution in [3.8, 4) is 5.19 Å². The van der Waals surface area contributed by atoms with Gasteiger partial charge in [0.1, 0.15) is 11.8 Å². The minimum absolute atomic E-state index is 0.000224. The maximum Gasteiger partial charge on any atom is 0.274 e. The van der Waals surface area contributed by atoms with Crippen molar-refractivity contribution < 1.29 is 9.53 Å². The van der Waals surface area contributed by atoms with E-state index in [1.54, 1.807) is 5.38 Å². The Balaban J connectivity index is 1.74. The molecule has 1 aliphatic heterocycles. The fourth-order valence-electron chi connectivity index (χ4n) is 2.77. The minimum Gasteiger partial charge on any atom is -0.466 e. The number of aromatic nitrogens is 3. The highest BCUT2D eigenvalue weighted by molar-refractivity contribution is 7.11. The van der Waals surface area contributed by atoms with Crippen molar-refractivity contribution in [2.75, 3.05) is 13.1 Å². The number of aldehydes is 1. The third-order valence-electron chi connectivity index (χ3n) is 4.05. The lowest BCUT2D eigenvalue weighted by atomic mass is 9.89. The van der Waals surface area contributed by atoms with Crippen LogP contribution in [0, 0.1) is 12.8 Å². The molecule has 0 amide bonds. The summed E-state index contributed by atoms with van der Waals surface area (Å²) < 4.78 is 6.12. The summed E-state index contributed by atoms with van der Waals surface area (Å²) in [6, 6.07) is 3.97. The summed E-state index contributed by atoms with van der Waals surface area (Å²) in [5.41, 5.74) is 2.25. The Morgan fingerprint density at radius 1 is 1.39 bits per heavy atom. The summed E-state index contributed by atoms with van der Waals surface area (Å²) in [6.45, 7) is 3.93. The summed E-state index contributed by atoms with van der Waals surface area (Å²) in [7, 11) is 0. The molecule has 6 nitrogen and oxygen atoms in total. The van der Waals surface area contributed by atoms with Gasteiger partial charge in [-0.1, -0.05) is 11.3 Å². The largest absolute Gasteiger partial charge is 0.466 e. The number of nitrogens with zero attached hydrogens (tertiary/aromatic N) is 3. The number of hydrogen-bond donors (Lipinski definition) is 1. The summed E-state index contributed by atoms with van der Waals surface area (Å²) in [5.74, 6) is 0.447. The molecule has 1 atom stereocenters. The van der Waals surface area contributed by atoms with E-state index in [0.717, 1.165) is 43.6 Å². The lowest BCUT2D eigenvalue weighted by molar-refractivity contribution is 0.108. The van der Waals surface area contributed by atoms with Crippen LogP contribution in [0.4, 0.5) is 0 Å². The third kappa shape index (κ3) is 4.33. The molecule has 0 aliphatic carbocycles. The van der Waals surface area contributed by atoms with Crippen molar-refractivity contribution in [3.05, 3.63) is 34.6 Å². The number of nitrogens with one attached hydrogen (secondary N) is 1. The SMILES string of the molecule is Cc1ccc(CC(Oc2nc(C=O)cs2)C2CCNCC2)nn1. The molecule has 1 aliphatic rings. The van der Waals surface area contributed by atoms with Gasteiger partial charge in [0.05, 0.1) is 11.4 Å². The molecule has 1 fully saturated rings. The van der Waals surface area contributed by atoms with Crippen molar-refractivity contribution >= 4 is 17.6 Å². The fraction of sp³-hybridized carbons (Fsp3) is 0.500. The molecule has 23 heavy (non-hydrogen) atoms. The number of rotatable bonds is 6. The number of hydrogen-bond acceptors (Lipinski definition) is 7. The van der Waals surface area contributed by atoms with E-state index < -0.39 is 0 Å². The third-order valence-corrected chi connectivity index (χ3v) is 4.80. The summed E-state index contributed by atoms with van der Waals surface area (Å²) in [6.07, 6.45) is 3.58. The number of thiazole rings is 1. The quantitative estimate of drug-likeness (QED) is 0.816. The van der Waals surface area contributed by atoms with Gasteiger partial charge in [-0.15, -0.1) is 0 Å². The molecule has 0 spiro atoms. The highest BCUT2D eigenvalue weighted by atomic mass is 32.1. The number of aryl methyl sites for hydroxylation is 1. The average molecular weight is 332 g/mol. The smallest absolute Gasteiger partial charge is 0.274 e. The van der Waals surface area contributed by atoms with Gasteiger partial charge in [-0.2, -0.15) is 15.2 Å². The fourth-order valence-corrected chi connectivity index (χ4v) is 3.44. The molecule has 1 saturated heterocycles. The molecule has 0 bridgehead atoms. The monoisotopic (exact) mass is 332 g/mol. The highest BCUT2D eigenvalue weighted by Crippen LogP contribution is 2.26. The van der Waals surface area contributed by atoms with E-state index in [-0.39, 0.29) is 6.10 Å². The van der Waals surface area contributed by atoms with Crippen LogP contribution in [0.3, 0.4) is 0 Å². The van der Waals surface area contributed by atoms with Gasteiger partial charge in [-0.3, -0.25) is 4.79 Å². The molecule has 2 aromatic rings. The molecule has 0 saturated carbocycles. The van der Waals surface area contributed by atoms with Gasteiger partial charge in [-0.25, -0.2) is 0 Å². The Labute approximate surface area is 139 Å². The number of carbonyl (C=O) groups excluding carboxylic acids is 1. The highest BCUT2D eigenvalue weighted by Gasteiger charge is 2.27. The molecule has 2 aromatic heterocycles. The van der Waals surface area contributed by atoms with Gasteiger partial charge < -0.3 is 10.1 Å². The first-order chi connectivity index (χ1) is 11.2. The second kappa shape index (κ2) is 7.61. The van der Waals surface area contributed by atoms with Crippen LogP contribution in [0.2, 0.25) is 0 Å². The van der Waals surface area contributed by atoms with E-state index in [1.807, 2.05) is 19.1 Å². The van der Waals surface area contributed by atoms with Crippen molar-refractivity contribution in [3.63, 3.8) is 0 Å². The second-order valence-corrected chi connectivity index (χ2v) is 6.59. The van der Waals surface area contributed by atoms with Gasteiger partial charge in [-0.05, 0) is 50.9 Å². The number of ether oxygens (including phenoxy) is 1. The van der Waals surface area contributed by atoms with Crippen molar-refractivity contribution in [2.24, 2.45) is 5.92 Å². The Bertz CT molecular complexity index is 638. The summed E-state index contributed by atoms with van der Waals surface area (Å²) in [4.78, 5) is 15.0. The average Bonchev–Trinajstić information content (AvgIpc) is 3.05. The molecular weight excluding hydrogens is 312 g/mol. The van der Waals surface area contributed by atoms with E-state index >= 15 is 0 Å². The standard InChI is InChI=1S/C16H20N4O2S/c1-11-2-3-13(20-19-11)8-15(12-4-6-17-7-5-12)22-16-18-14(9-21)10-23-16/h2-3,9-10,12,15,17H,4-8H2,1H3. The summed E-state index contributed by atoms with van der Waals surface area (Å²) >= 11 is 1.36. The Morgan fingerprint density at radius 3 is 2.87 bits per heavy atom. The molecule has 3 rings (SSSR count). The second-order valence-electron chi connectivity index (χ2n) is 5.77. The normalized spacial score (nSPS) is 16.9. The predicted molar refractivity (Wildman–Crippen MR) is 88.0 cm³/mol. The van der Waals surface area contributed by atoms with Gasteiger partial charge >= 0.3 is 0 Å². The molecular formula is C16H20N4O2S. The first-order valence-corrected chi connectivity index (χ1v) is 8.70. The topological polar surface area (TPSA) is 77.0 Å². The van der Waals surface area contributed by atoms with E-state index in [4.69, 9.17) is 4.74 Å². The first-order valence-electron chi connectivity index (χ1n) is 7.82. The Hall–Kier alpha value is -1.86. The lowest BCUT2D eigenvalue weighted by Gasteiger charge is -2.30. The van der Waals surface area contributed by atoms with Crippen LogP contribution in [0.1, 0.15) is 34.7 Å². The maximum atomic E-state index is 10.8. The predicted octanol–water partition coefficient (Wildman–Crippen LogP) is 2.04. The zero-order valence-electron chi connectivity index (χ0n) is 13.1. The number of piperidine rings is 1. The molecule has 1 unspecified atom stereocenters. The van der Waals surface area contributed by atoms with Crippen LogP contribution < -0.4 is 10.1 Å². The zero-order valence-corrected chi connectivity index (χ0v) is 13.9. The first kappa shape index (κ1) is 16.0. The van der Waals surface area contributed by atoms with Crippen molar-refractivity contribution in [1.82, 2.24) is 20.5 Å². The van der Waals surface area contributed by atoms with Crippen LogP contribution in [0.5, 0.6) is 5.19 Å². The van der Waals surface area contributed by atoms with Crippen LogP contribution >= 0.6 is 11.3 Å². The van der Waals surface area contributed by atoms with Crippen LogP contribution in [0.15, 0.2) is 17.5 Å². The van der Waals surface area contributed by atoms with Crippen LogP contribution in [-0.2, 0) is 6.42 Å². The number of carbonyl (C=O) groups is 1. The van der Waals surface area contributed by atoms with Gasteiger partial charge in [0.2, 0.25) is 0 Å². The lowest BCUT2D eigenvalue weighted by Crippen LogP contribution is -2.38. The zero-order chi connectivity index (χ0) is 16.1. The molecule has 122 valence electrons. The van der Waals surface area contributed by atoms with E-state index in [0.29, 0.717) is 23.2 Å². The van der Waals surface area contributed by atoms with E-state index in [2.05, 4.69) is 20.5 Å². The molecule has 1 N–H and O–H groups in total. The van der Waals surface area contributed by atoms with Crippen LogP contribution in [0.25, 0.3) is 0 Å². The van der Waals surface area contributed by atoms with Crippen molar-refractivity contribution in [2.45, 2.75) is 32.3 Å².